The molecule has 1 heterocycles. The summed E-state index contributed by atoms with van der Waals surface area (Å²) in [5.74, 6) is -1.41. The largest absolute Gasteiger partial charge is 0.514 e. The highest BCUT2D eigenvalue weighted by Crippen LogP contribution is 2.55. The molecular formula is C26H33ClF3N3O5S. The first-order valence-corrected chi connectivity index (χ1v) is 14.1. The molecule has 0 aliphatic carbocycles. The summed E-state index contributed by atoms with van der Waals surface area (Å²) in [6.45, 7) is 7.65. The van der Waals surface area contributed by atoms with Crippen molar-refractivity contribution in [3.63, 3.8) is 0 Å². The first-order valence-electron chi connectivity index (χ1n) is 12.2. The van der Waals surface area contributed by atoms with Gasteiger partial charge in [0.05, 0.1) is 11.3 Å². The number of likely N-dealkylation sites (tertiary alicyclic amines) is 1. The van der Waals surface area contributed by atoms with Gasteiger partial charge in [0.15, 0.2) is 0 Å². The van der Waals surface area contributed by atoms with Crippen LogP contribution in [0.25, 0.3) is 0 Å². The zero-order chi connectivity index (χ0) is 29.4. The molecule has 1 aliphatic rings. The van der Waals surface area contributed by atoms with Gasteiger partial charge in [-0.1, -0.05) is 57.5 Å². The number of carbonyl (C=O) groups excluding carboxylic acids is 2. The molecule has 216 valence electrons. The number of nitrogens with one attached hydrogen (secondary N) is 2. The first kappa shape index (κ1) is 31.0. The highest BCUT2D eigenvalue weighted by Gasteiger charge is 2.50. The Balaban J connectivity index is 1.76. The van der Waals surface area contributed by atoms with Crippen LogP contribution in [-0.2, 0) is 10.4 Å². The van der Waals surface area contributed by atoms with Gasteiger partial charge >= 0.3 is 5.51 Å². The SMILES string of the molecule is CC(C)[C@@H](NC(=O)c1cccc(NS(O)(O)C(F)(F)F)c1)C(=O)N1CC[C@](O)(c2ccc(Cl)cc2)C(C)(C)C1. The van der Waals surface area contributed by atoms with Gasteiger partial charge in [0.2, 0.25) is 5.91 Å². The summed E-state index contributed by atoms with van der Waals surface area (Å²) in [6, 6.07) is 10.8. The number of rotatable bonds is 7. The topological polar surface area (TPSA) is 122 Å². The Bertz CT molecular complexity index is 1210. The summed E-state index contributed by atoms with van der Waals surface area (Å²) in [5, 5.41) is 14.8. The van der Waals surface area contributed by atoms with E-state index in [1.807, 2.05) is 13.8 Å². The van der Waals surface area contributed by atoms with E-state index < -0.39 is 39.2 Å². The third-order valence-electron chi connectivity index (χ3n) is 7.01. The molecule has 0 aromatic heterocycles. The lowest BCUT2D eigenvalue weighted by Crippen LogP contribution is -2.60. The van der Waals surface area contributed by atoms with Crippen molar-refractivity contribution in [2.24, 2.45) is 11.3 Å². The third kappa shape index (κ3) is 6.63. The van der Waals surface area contributed by atoms with E-state index >= 15 is 0 Å². The summed E-state index contributed by atoms with van der Waals surface area (Å²) in [6.07, 6.45) is 0.255. The smallest absolute Gasteiger partial charge is 0.384 e. The Morgan fingerprint density at radius 2 is 1.72 bits per heavy atom. The van der Waals surface area contributed by atoms with E-state index in [1.54, 1.807) is 47.7 Å². The van der Waals surface area contributed by atoms with Gasteiger partial charge in [0.25, 0.3) is 5.91 Å². The van der Waals surface area contributed by atoms with E-state index in [0.29, 0.717) is 10.6 Å². The number of anilines is 1. The van der Waals surface area contributed by atoms with Crippen molar-refractivity contribution >= 4 is 39.9 Å². The highest BCUT2D eigenvalue weighted by atomic mass is 35.5. The van der Waals surface area contributed by atoms with Crippen LogP contribution in [0.15, 0.2) is 48.5 Å². The van der Waals surface area contributed by atoms with Crippen LogP contribution in [-0.4, -0.2) is 55.6 Å². The minimum absolute atomic E-state index is 0.0769. The molecule has 0 radical (unpaired) electrons. The predicted molar refractivity (Wildman–Crippen MR) is 145 cm³/mol. The number of benzene rings is 2. The molecule has 0 spiro atoms. The molecule has 39 heavy (non-hydrogen) atoms. The van der Waals surface area contributed by atoms with E-state index in [9.17, 15) is 37.0 Å². The normalized spacial score (nSPS) is 20.9. The second kappa shape index (κ2) is 11.2. The number of piperidine rings is 1. The molecule has 8 nitrogen and oxygen atoms in total. The van der Waals surface area contributed by atoms with Crippen LogP contribution in [0.1, 0.15) is 50.0 Å². The van der Waals surface area contributed by atoms with Crippen molar-refractivity contribution in [1.29, 1.82) is 0 Å². The Morgan fingerprint density at radius 1 is 1.10 bits per heavy atom. The van der Waals surface area contributed by atoms with Crippen molar-refractivity contribution < 1.29 is 37.0 Å². The molecule has 2 aromatic carbocycles. The van der Waals surface area contributed by atoms with E-state index in [4.69, 9.17) is 11.6 Å². The number of hydrogen-bond donors (Lipinski definition) is 5. The van der Waals surface area contributed by atoms with Crippen LogP contribution in [0, 0.1) is 11.3 Å². The van der Waals surface area contributed by atoms with Crippen molar-refractivity contribution in [2.75, 3.05) is 17.8 Å². The average Bonchev–Trinajstić information content (AvgIpc) is 2.83. The number of nitrogens with zero attached hydrogens (tertiary/aromatic N) is 1. The molecule has 3 rings (SSSR count). The van der Waals surface area contributed by atoms with Crippen molar-refractivity contribution in [3.05, 3.63) is 64.7 Å². The highest BCUT2D eigenvalue weighted by molar-refractivity contribution is 8.26. The van der Waals surface area contributed by atoms with Gasteiger partial charge in [-0.2, -0.15) is 13.2 Å². The first-order chi connectivity index (χ1) is 17.9. The van der Waals surface area contributed by atoms with Crippen LogP contribution in [0.3, 0.4) is 0 Å². The molecule has 13 heteroatoms. The maximum atomic E-state index is 13.6. The van der Waals surface area contributed by atoms with Gasteiger partial charge in [-0.05, 0) is 59.0 Å². The molecule has 5 N–H and O–H groups in total. The second-order valence-corrected chi connectivity index (χ2v) is 12.8. The lowest BCUT2D eigenvalue weighted by molar-refractivity contribution is -0.155. The summed E-state index contributed by atoms with van der Waals surface area (Å²) in [5.41, 5.74) is -6.98. The van der Waals surface area contributed by atoms with E-state index in [1.165, 1.54) is 12.1 Å². The van der Waals surface area contributed by atoms with E-state index in [2.05, 4.69) is 5.32 Å². The van der Waals surface area contributed by atoms with Gasteiger partial charge < -0.3 is 15.3 Å². The number of aliphatic hydroxyl groups is 1. The Labute approximate surface area is 232 Å². The van der Waals surface area contributed by atoms with Crippen LogP contribution < -0.4 is 10.0 Å². The van der Waals surface area contributed by atoms with Crippen molar-refractivity contribution in [1.82, 2.24) is 10.2 Å². The minimum atomic E-state index is -5.30. The zero-order valence-corrected chi connectivity index (χ0v) is 23.5. The average molecular weight is 592 g/mol. The molecule has 0 bridgehead atoms. The molecule has 2 aromatic rings. The van der Waals surface area contributed by atoms with Gasteiger partial charge in [-0.3, -0.25) is 23.4 Å². The maximum absolute atomic E-state index is 13.6. The molecule has 2 atom stereocenters. The van der Waals surface area contributed by atoms with Crippen molar-refractivity contribution in [3.8, 4) is 0 Å². The Kier molecular flexibility index (Phi) is 8.88. The second-order valence-electron chi connectivity index (χ2n) is 10.6. The minimum Gasteiger partial charge on any atom is -0.384 e. The van der Waals surface area contributed by atoms with Gasteiger partial charge in [0, 0.05) is 29.1 Å². The molecule has 2 amide bonds. The Morgan fingerprint density at radius 3 is 2.26 bits per heavy atom. The van der Waals surface area contributed by atoms with Gasteiger partial charge in [-0.15, -0.1) is 0 Å². The lowest BCUT2D eigenvalue weighted by Gasteiger charge is -2.51. The van der Waals surface area contributed by atoms with Crippen molar-refractivity contribution in [2.45, 2.75) is 51.3 Å². The number of halogens is 4. The fourth-order valence-electron chi connectivity index (χ4n) is 4.65. The summed E-state index contributed by atoms with van der Waals surface area (Å²) in [4.78, 5) is 28.2. The predicted octanol–water partition coefficient (Wildman–Crippen LogP) is 5.84. The molecule has 1 aliphatic heterocycles. The molecule has 0 unspecified atom stereocenters. The standard InChI is InChI=1S/C26H33ClF3N3O5S/c1-16(2)21(31-22(34)17-6-5-7-20(14-17)32-39(37,38)26(28,29)30)23(35)33-13-12-25(36,24(3,4)15-33)18-8-10-19(27)11-9-18/h5-11,14,16,21,32,36-38H,12-13,15H2,1-4H3,(H,31,34)/t21-,25+/m1/s1. The number of carbonyl (C=O) groups is 2. The maximum Gasteiger partial charge on any atom is 0.514 e. The third-order valence-corrected chi connectivity index (χ3v) is 8.43. The quantitative estimate of drug-likeness (QED) is 0.276. The van der Waals surface area contributed by atoms with Crippen LogP contribution in [0.4, 0.5) is 18.9 Å². The number of alkyl halides is 3. The van der Waals surface area contributed by atoms with Crippen LogP contribution in [0.2, 0.25) is 5.02 Å². The molecule has 1 fully saturated rings. The summed E-state index contributed by atoms with van der Waals surface area (Å²) in [7, 11) is -5.17. The number of amides is 2. The monoisotopic (exact) mass is 591 g/mol. The van der Waals surface area contributed by atoms with Gasteiger partial charge in [0.1, 0.15) is 6.04 Å². The number of hydrogen-bond acceptors (Lipinski definition) is 6. The van der Waals surface area contributed by atoms with E-state index in [-0.39, 0.29) is 42.6 Å². The van der Waals surface area contributed by atoms with Crippen LogP contribution >= 0.6 is 22.4 Å². The molecule has 1 saturated heterocycles. The van der Waals surface area contributed by atoms with Gasteiger partial charge in [-0.25, -0.2) is 0 Å². The molecule has 0 saturated carbocycles. The van der Waals surface area contributed by atoms with E-state index in [0.717, 1.165) is 12.1 Å². The fraction of sp³-hybridized carbons (Fsp3) is 0.462. The summed E-state index contributed by atoms with van der Waals surface area (Å²) < 4.78 is 58.9. The molecular weight excluding hydrogens is 559 g/mol. The van der Waals surface area contributed by atoms with Crippen LogP contribution in [0.5, 0.6) is 0 Å². The lowest BCUT2D eigenvalue weighted by atomic mass is 9.66. The Hall–Kier alpha value is -2.51. The fourth-order valence-corrected chi connectivity index (χ4v) is 5.35. The summed E-state index contributed by atoms with van der Waals surface area (Å²) >= 11 is 6.00. The zero-order valence-electron chi connectivity index (χ0n) is 21.9.